The van der Waals surface area contributed by atoms with Crippen molar-refractivity contribution in [2.24, 2.45) is 7.05 Å². The molecule has 3 heteroatoms. The van der Waals surface area contributed by atoms with Crippen LogP contribution in [0.2, 0.25) is 0 Å². The largest absolute Gasteiger partial charge is 0.481 e. The van der Waals surface area contributed by atoms with Gasteiger partial charge in [-0.25, -0.2) is 0 Å². The fraction of sp³-hybridized carbons (Fsp3) is 0.417. The summed E-state index contributed by atoms with van der Waals surface area (Å²) in [6, 6.07) is 0. The number of carbonyl (C=O) groups is 1. The van der Waals surface area contributed by atoms with Crippen LogP contribution in [-0.2, 0) is 18.3 Å². The second kappa shape index (κ2) is 4.82. The van der Waals surface area contributed by atoms with Crippen LogP contribution in [0.3, 0.4) is 0 Å². The fourth-order valence-electron chi connectivity index (χ4n) is 1.86. The molecule has 0 bridgehead atoms. The van der Waals surface area contributed by atoms with Crippen molar-refractivity contribution in [2.75, 3.05) is 0 Å². The van der Waals surface area contributed by atoms with E-state index in [9.17, 15) is 4.79 Å². The highest BCUT2D eigenvalue weighted by Gasteiger charge is 2.04. The average Bonchev–Trinajstić information content (AvgIpc) is 2.50. The van der Waals surface area contributed by atoms with Gasteiger partial charge >= 0.3 is 5.97 Å². The summed E-state index contributed by atoms with van der Waals surface area (Å²) in [7, 11) is 1.98. The standard InChI is InChI=1S/C12H17NO2/c1-4-10-9(6-7-12(14)15)8-13(3)11(10)5-2/h4-5,8H,6-7H2,1-3H3,(H,14,15)/b10-4-,11-5+. The van der Waals surface area contributed by atoms with Crippen molar-refractivity contribution in [3.05, 3.63) is 22.3 Å². The van der Waals surface area contributed by atoms with Crippen LogP contribution >= 0.6 is 0 Å². The van der Waals surface area contributed by atoms with E-state index in [0.717, 1.165) is 16.1 Å². The van der Waals surface area contributed by atoms with Gasteiger partial charge in [-0.1, -0.05) is 12.2 Å². The molecule has 0 saturated heterocycles. The van der Waals surface area contributed by atoms with Gasteiger partial charge in [0.2, 0.25) is 0 Å². The molecular weight excluding hydrogens is 190 g/mol. The normalized spacial score (nSPS) is 13.5. The van der Waals surface area contributed by atoms with Gasteiger partial charge in [0.1, 0.15) is 0 Å². The molecule has 1 rings (SSSR count). The van der Waals surface area contributed by atoms with Crippen LogP contribution in [0.4, 0.5) is 0 Å². The predicted octanol–water partition coefficient (Wildman–Crippen LogP) is 0.643. The summed E-state index contributed by atoms with van der Waals surface area (Å²) in [6.45, 7) is 3.97. The first-order chi connectivity index (χ1) is 7.10. The highest BCUT2D eigenvalue weighted by atomic mass is 16.4. The maximum atomic E-state index is 10.5. The van der Waals surface area contributed by atoms with Gasteiger partial charge in [-0.2, -0.15) is 0 Å². The lowest BCUT2D eigenvalue weighted by Crippen LogP contribution is -2.28. The number of aliphatic carboxylic acids is 1. The van der Waals surface area contributed by atoms with Crippen molar-refractivity contribution in [1.82, 2.24) is 4.57 Å². The molecule has 3 nitrogen and oxygen atoms in total. The van der Waals surface area contributed by atoms with Gasteiger partial charge in [0, 0.05) is 25.0 Å². The number of nitrogens with zero attached hydrogens (tertiary/aromatic N) is 1. The molecule has 15 heavy (non-hydrogen) atoms. The van der Waals surface area contributed by atoms with Crippen molar-refractivity contribution in [3.63, 3.8) is 0 Å². The summed E-state index contributed by atoms with van der Waals surface area (Å²) in [5, 5.41) is 11.0. The second-order valence-corrected chi connectivity index (χ2v) is 3.54. The van der Waals surface area contributed by atoms with E-state index in [-0.39, 0.29) is 6.42 Å². The van der Waals surface area contributed by atoms with E-state index in [1.807, 2.05) is 43.8 Å². The molecule has 0 atom stereocenters. The first-order valence-electron chi connectivity index (χ1n) is 5.08. The van der Waals surface area contributed by atoms with E-state index >= 15 is 0 Å². The van der Waals surface area contributed by atoms with E-state index in [0.29, 0.717) is 6.42 Å². The van der Waals surface area contributed by atoms with E-state index in [2.05, 4.69) is 0 Å². The number of hydrogen-bond donors (Lipinski definition) is 1. The zero-order chi connectivity index (χ0) is 11.4. The molecule has 0 aliphatic heterocycles. The van der Waals surface area contributed by atoms with Crippen molar-refractivity contribution >= 4 is 18.1 Å². The van der Waals surface area contributed by atoms with Crippen molar-refractivity contribution in [1.29, 1.82) is 0 Å². The van der Waals surface area contributed by atoms with Crippen molar-refractivity contribution in [3.8, 4) is 0 Å². The molecule has 0 aromatic carbocycles. The summed E-state index contributed by atoms with van der Waals surface area (Å²) in [5.41, 5.74) is 1.11. The lowest BCUT2D eigenvalue weighted by atomic mass is 10.1. The first kappa shape index (κ1) is 11.6. The van der Waals surface area contributed by atoms with Crippen LogP contribution in [0, 0.1) is 0 Å². The molecule has 0 aliphatic carbocycles. The number of aryl methyl sites for hydroxylation is 2. The Morgan fingerprint density at radius 2 is 2.13 bits per heavy atom. The second-order valence-electron chi connectivity index (χ2n) is 3.54. The minimum atomic E-state index is -0.747. The molecule has 1 N–H and O–H groups in total. The maximum Gasteiger partial charge on any atom is 0.303 e. The van der Waals surface area contributed by atoms with Crippen LogP contribution in [0.5, 0.6) is 0 Å². The molecular formula is C12H17NO2. The Labute approximate surface area is 89.3 Å². The summed E-state index contributed by atoms with van der Waals surface area (Å²) in [4.78, 5) is 10.5. The highest BCUT2D eigenvalue weighted by molar-refractivity contribution is 5.67. The van der Waals surface area contributed by atoms with Crippen molar-refractivity contribution < 1.29 is 9.90 Å². The van der Waals surface area contributed by atoms with Gasteiger partial charge < -0.3 is 9.67 Å². The quantitative estimate of drug-likeness (QED) is 0.790. The molecule has 0 aliphatic rings. The van der Waals surface area contributed by atoms with Gasteiger partial charge in [-0.05, 0) is 31.1 Å². The van der Waals surface area contributed by atoms with Crippen LogP contribution in [0.15, 0.2) is 6.20 Å². The van der Waals surface area contributed by atoms with E-state index in [1.54, 1.807) is 0 Å². The number of carboxylic acid groups (broad SMARTS) is 1. The Hall–Kier alpha value is -1.51. The molecule has 0 amide bonds. The summed E-state index contributed by atoms with van der Waals surface area (Å²) in [5.74, 6) is -0.747. The van der Waals surface area contributed by atoms with Crippen LogP contribution in [0.1, 0.15) is 25.8 Å². The zero-order valence-corrected chi connectivity index (χ0v) is 9.45. The monoisotopic (exact) mass is 207 g/mol. The number of rotatable bonds is 3. The van der Waals surface area contributed by atoms with Gasteiger partial charge in [0.15, 0.2) is 0 Å². The van der Waals surface area contributed by atoms with Gasteiger partial charge in [0.25, 0.3) is 0 Å². The third kappa shape index (κ3) is 2.49. The topological polar surface area (TPSA) is 42.2 Å². The molecule has 0 radical (unpaired) electrons. The molecule has 1 heterocycles. The molecule has 0 saturated carbocycles. The summed E-state index contributed by atoms with van der Waals surface area (Å²) in [6.07, 6.45) is 6.87. The Morgan fingerprint density at radius 3 is 2.60 bits per heavy atom. The SMILES string of the molecule is C/C=c1/c(CCC(=O)O)cn(C)/c1=C/C. The Morgan fingerprint density at radius 1 is 1.47 bits per heavy atom. The average molecular weight is 207 g/mol. The third-order valence-electron chi connectivity index (χ3n) is 2.52. The minimum absolute atomic E-state index is 0.188. The number of carboxylic acids is 1. The van der Waals surface area contributed by atoms with Gasteiger partial charge in [0.05, 0.1) is 0 Å². The molecule has 0 spiro atoms. The molecule has 0 fully saturated rings. The molecule has 1 aromatic heterocycles. The zero-order valence-electron chi connectivity index (χ0n) is 9.45. The summed E-state index contributed by atoms with van der Waals surface area (Å²) < 4.78 is 2.03. The fourth-order valence-corrected chi connectivity index (χ4v) is 1.86. The predicted molar refractivity (Wildman–Crippen MR) is 60.9 cm³/mol. The van der Waals surface area contributed by atoms with E-state index in [4.69, 9.17) is 5.11 Å². The lowest BCUT2D eigenvalue weighted by Gasteiger charge is -1.92. The molecule has 82 valence electrons. The smallest absolute Gasteiger partial charge is 0.303 e. The van der Waals surface area contributed by atoms with E-state index in [1.165, 1.54) is 0 Å². The molecule has 0 unspecified atom stereocenters. The first-order valence-corrected chi connectivity index (χ1v) is 5.08. The van der Waals surface area contributed by atoms with Gasteiger partial charge in [-0.3, -0.25) is 4.79 Å². The van der Waals surface area contributed by atoms with Crippen molar-refractivity contribution in [2.45, 2.75) is 26.7 Å². The van der Waals surface area contributed by atoms with Crippen LogP contribution < -0.4 is 10.6 Å². The molecule has 1 aromatic rings. The van der Waals surface area contributed by atoms with Gasteiger partial charge in [-0.15, -0.1) is 0 Å². The third-order valence-corrected chi connectivity index (χ3v) is 2.52. The lowest BCUT2D eigenvalue weighted by molar-refractivity contribution is -0.136. The van der Waals surface area contributed by atoms with E-state index < -0.39 is 5.97 Å². The van der Waals surface area contributed by atoms with Crippen LogP contribution in [0.25, 0.3) is 12.2 Å². The highest BCUT2D eigenvalue weighted by Crippen LogP contribution is 1.95. The Balaban J connectivity index is 3.16. The minimum Gasteiger partial charge on any atom is -0.481 e. The summed E-state index contributed by atoms with van der Waals surface area (Å²) >= 11 is 0. The maximum absolute atomic E-state index is 10.5. The Kier molecular flexibility index (Phi) is 3.72. The van der Waals surface area contributed by atoms with Crippen LogP contribution in [-0.4, -0.2) is 15.6 Å². The number of hydrogen-bond acceptors (Lipinski definition) is 1. The number of aromatic nitrogens is 1. The Bertz CT molecular complexity index is 469.